The molecule has 4 heteroatoms. The van der Waals surface area contributed by atoms with Gasteiger partial charge in [0, 0.05) is 26.2 Å². The summed E-state index contributed by atoms with van der Waals surface area (Å²) in [5.74, 6) is 0.230. The van der Waals surface area contributed by atoms with E-state index in [0.29, 0.717) is 0 Å². The monoisotopic (exact) mass is 288 g/mol. The van der Waals surface area contributed by atoms with Crippen LogP contribution in [0.5, 0.6) is 0 Å². The highest BCUT2D eigenvalue weighted by Gasteiger charge is 2.31. The van der Waals surface area contributed by atoms with Gasteiger partial charge in [-0.25, -0.2) is 0 Å². The third-order valence-corrected chi connectivity index (χ3v) is 4.47. The molecule has 2 aliphatic heterocycles. The molecule has 0 saturated carbocycles. The van der Waals surface area contributed by atoms with Crippen molar-refractivity contribution in [2.24, 2.45) is 0 Å². The minimum absolute atomic E-state index is 0.0831. The zero-order valence-corrected chi connectivity index (χ0v) is 12.7. The maximum absolute atomic E-state index is 12.7. The molecule has 1 fully saturated rings. The van der Waals surface area contributed by atoms with Gasteiger partial charge in [0.2, 0.25) is 5.91 Å². The molecule has 2 atom stereocenters. The fourth-order valence-corrected chi connectivity index (χ4v) is 3.36. The van der Waals surface area contributed by atoms with Gasteiger partial charge in [0.15, 0.2) is 0 Å². The largest absolute Gasteiger partial charge is 0.377 e. The third-order valence-electron chi connectivity index (χ3n) is 4.47. The number of amides is 1. The fourth-order valence-electron chi connectivity index (χ4n) is 3.36. The number of hydrogen-bond acceptors (Lipinski definition) is 3. The molecule has 0 unspecified atom stereocenters. The Balaban J connectivity index is 1.63. The summed E-state index contributed by atoms with van der Waals surface area (Å²) in [6.45, 7) is 5.13. The van der Waals surface area contributed by atoms with Gasteiger partial charge in [0.25, 0.3) is 0 Å². The van der Waals surface area contributed by atoms with E-state index in [4.69, 9.17) is 4.74 Å². The molecule has 114 valence electrons. The van der Waals surface area contributed by atoms with E-state index in [2.05, 4.69) is 29.6 Å². The van der Waals surface area contributed by atoms with Crippen molar-refractivity contribution in [2.75, 3.05) is 19.7 Å². The number of rotatable bonds is 3. The molecule has 21 heavy (non-hydrogen) atoms. The Morgan fingerprint density at radius 2 is 2.19 bits per heavy atom. The van der Waals surface area contributed by atoms with Crippen molar-refractivity contribution in [3.63, 3.8) is 0 Å². The summed E-state index contributed by atoms with van der Waals surface area (Å²) < 4.78 is 5.69. The van der Waals surface area contributed by atoms with Crippen molar-refractivity contribution in [3.05, 3.63) is 35.4 Å². The van der Waals surface area contributed by atoms with Crippen molar-refractivity contribution in [3.8, 4) is 0 Å². The number of fused-ring (bicyclic) bond motifs is 1. The first kappa shape index (κ1) is 14.5. The van der Waals surface area contributed by atoms with E-state index in [1.807, 2.05) is 11.8 Å². The van der Waals surface area contributed by atoms with E-state index in [-0.39, 0.29) is 18.1 Å². The first-order chi connectivity index (χ1) is 10.3. The average molecular weight is 288 g/mol. The zero-order chi connectivity index (χ0) is 14.7. The lowest BCUT2D eigenvalue weighted by Crippen LogP contribution is -2.53. The normalized spacial score (nSPS) is 25.5. The number of ether oxygens (including phenoxy) is 1. The Kier molecular flexibility index (Phi) is 4.56. The van der Waals surface area contributed by atoms with Crippen LogP contribution in [0.1, 0.15) is 30.9 Å². The number of piperidine rings is 1. The summed E-state index contributed by atoms with van der Waals surface area (Å²) in [7, 11) is 0. The van der Waals surface area contributed by atoms with Crippen LogP contribution in [0.4, 0.5) is 0 Å². The van der Waals surface area contributed by atoms with Crippen molar-refractivity contribution in [1.29, 1.82) is 0 Å². The van der Waals surface area contributed by atoms with E-state index in [0.717, 1.165) is 45.5 Å². The SMILES string of the molecule is CCO[C@@H]1CCCN(C(=O)[C@H]2Cc3ccccc3CN2)C1. The highest BCUT2D eigenvalue weighted by atomic mass is 16.5. The standard InChI is InChI=1S/C17H24N2O2/c1-2-21-15-8-5-9-19(12-15)17(20)16-10-13-6-3-4-7-14(13)11-18-16/h3-4,6-7,15-16,18H,2,5,8-12H2,1H3/t15-,16-/m1/s1. The summed E-state index contributed by atoms with van der Waals surface area (Å²) >= 11 is 0. The topological polar surface area (TPSA) is 41.6 Å². The van der Waals surface area contributed by atoms with Crippen LogP contribution in [0.25, 0.3) is 0 Å². The molecule has 0 aliphatic carbocycles. The van der Waals surface area contributed by atoms with Gasteiger partial charge in [0.1, 0.15) is 0 Å². The number of benzene rings is 1. The quantitative estimate of drug-likeness (QED) is 0.921. The van der Waals surface area contributed by atoms with Gasteiger partial charge in [-0.1, -0.05) is 24.3 Å². The maximum Gasteiger partial charge on any atom is 0.240 e. The highest BCUT2D eigenvalue weighted by Crippen LogP contribution is 2.20. The molecule has 1 aromatic rings. The number of carbonyl (C=O) groups excluding carboxylic acids is 1. The van der Waals surface area contributed by atoms with Crippen molar-refractivity contribution >= 4 is 5.91 Å². The summed E-state index contributed by atoms with van der Waals surface area (Å²) in [6, 6.07) is 8.29. The Bertz CT molecular complexity index is 501. The Morgan fingerprint density at radius 3 is 3.00 bits per heavy atom. The molecule has 2 heterocycles. The Morgan fingerprint density at radius 1 is 1.38 bits per heavy atom. The molecule has 0 bridgehead atoms. The first-order valence-corrected chi connectivity index (χ1v) is 7.98. The van der Waals surface area contributed by atoms with Gasteiger partial charge in [-0.05, 0) is 37.3 Å². The molecule has 1 amide bonds. The van der Waals surface area contributed by atoms with Crippen LogP contribution >= 0.6 is 0 Å². The fraction of sp³-hybridized carbons (Fsp3) is 0.588. The summed E-state index contributed by atoms with van der Waals surface area (Å²) in [4.78, 5) is 14.7. The molecular weight excluding hydrogens is 264 g/mol. The van der Waals surface area contributed by atoms with Crippen LogP contribution < -0.4 is 5.32 Å². The van der Waals surface area contributed by atoms with Gasteiger partial charge in [-0.15, -0.1) is 0 Å². The highest BCUT2D eigenvalue weighted by molar-refractivity contribution is 5.82. The van der Waals surface area contributed by atoms with Crippen LogP contribution in [-0.2, 0) is 22.5 Å². The summed E-state index contributed by atoms with van der Waals surface area (Å²) in [5, 5.41) is 3.39. The van der Waals surface area contributed by atoms with Gasteiger partial charge in [-0.2, -0.15) is 0 Å². The smallest absolute Gasteiger partial charge is 0.240 e. The molecular formula is C17H24N2O2. The van der Waals surface area contributed by atoms with Crippen LogP contribution in [0.2, 0.25) is 0 Å². The number of likely N-dealkylation sites (tertiary alicyclic amines) is 1. The molecule has 2 aliphatic rings. The van der Waals surface area contributed by atoms with E-state index in [9.17, 15) is 4.79 Å². The number of nitrogens with one attached hydrogen (secondary N) is 1. The van der Waals surface area contributed by atoms with E-state index in [1.54, 1.807) is 0 Å². The second-order valence-electron chi connectivity index (χ2n) is 5.91. The van der Waals surface area contributed by atoms with Crippen LogP contribution in [-0.4, -0.2) is 42.6 Å². The molecule has 3 rings (SSSR count). The predicted molar refractivity (Wildman–Crippen MR) is 82.0 cm³/mol. The molecule has 1 aromatic carbocycles. The number of carbonyl (C=O) groups is 1. The first-order valence-electron chi connectivity index (χ1n) is 7.98. The minimum atomic E-state index is -0.0831. The Hall–Kier alpha value is -1.39. The molecule has 1 N–H and O–H groups in total. The lowest BCUT2D eigenvalue weighted by Gasteiger charge is -2.36. The lowest BCUT2D eigenvalue weighted by atomic mass is 9.94. The van der Waals surface area contributed by atoms with Crippen LogP contribution in [0.15, 0.2) is 24.3 Å². The van der Waals surface area contributed by atoms with Crippen LogP contribution in [0, 0.1) is 0 Å². The van der Waals surface area contributed by atoms with E-state index in [1.165, 1.54) is 11.1 Å². The molecule has 4 nitrogen and oxygen atoms in total. The molecule has 0 spiro atoms. The van der Waals surface area contributed by atoms with Crippen molar-refractivity contribution < 1.29 is 9.53 Å². The summed E-state index contributed by atoms with van der Waals surface area (Å²) in [5.41, 5.74) is 2.61. The predicted octanol–water partition coefficient (Wildman–Crippen LogP) is 1.73. The zero-order valence-electron chi connectivity index (χ0n) is 12.7. The minimum Gasteiger partial charge on any atom is -0.377 e. The van der Waals surface area contributed by atoms with Crippen molar-refractivity contribution in [2.45, 2.75) is 44.9 Å². The summed E-state index contributed by atoms with van der Waals surface area (Å²) in [6.07, 6.45) is 3.12. The van der Waals surface area contributed by atoms with E-state index < -0.39 is 0 Å². The Labute approximate surface area is 126 Å². The van der Waals surface area contributed by atoms with Gasteiger partial charge < -0.3 is 15.0 Å². The molecule has 0 radical (unpaired) electrons. The molecule has 1 saturated heterocycles. The molecule has 0 aromatic heterocycles. The van der Waals surface area contributed by atoms with Crippen molar-refractivity contribution in [1.82, 2.24) is 10.2 Å². The number of nitrogens with zero attached hydrogens (tertiary/aromatic N) is 1. The third kappa shape index (κ3) is 3.27. The second kappa shape index (κ2) is 6.58. The van der Waals surface area contributed by atoms with Gasteiger partial charge >= 0.3 is 0 Å². The van der Waals surface area contributed by atoms with Gasteiger partial charge in [-0.3, -0.25) is 4.79 Å². The number of hydrogen-bond donors (Lipinski definition) is 1. The lowest BCUT2D eigenvalue weighted by molar-refractivity contribution is -0.137. The van der Waals surface area contributed by atoms with Crippen LogP contribution in [0.3, 0.4) is 0 Å². The van der Waals surface area contributed by atoms with E-state index >= 15 is 0 Å². The van der Waals surface area contributed by atoms with Gasteiger partial charge in [0.05, 0.1) is 12.1 Å². The maximum atomic E-state index is 12.7. The second-order valence-corrected chi connectivity index (χ2v) is 5.91. The average Bonchev–Trinajstić information content (AvgIpc) is 2.54.